The highest BCUT2D eigenvalue weighted by Crippen LogP contribution is 2.36. The number of methoxy groups -OCH3 is 2. The number of hydrogen-bond donors (Lipinski definition) is 1. The third-order valence-electron chi connectivity index (χ3n) is 5.55. The van der Waals surface area contributed by atoms with Crippen molar-refractivity contribution < 1.29 is 14.3 Å². The van der Waals surface area contributed by atoms with Crippen molar-refractivity contribution >= 4 is 5.91 Å². The lowest BCUT2D eigenvalue weighted by molar-refractivity contribution is 0.0771. The Bertz CT molecular complexity index is 590. The Morgan fingerprint density at radius 1 is 1.12 bits per heavy atom. The number of nitrogens with one attached hydrogen (secondary N) is 1. The molecule has 0 radical (unpaired) electrons. The van der Waals surface area contributed by atoms with Gasteiger partial charge >= 0.3 is 0 Å². The van der Waals surface area contributed by atoms with E-state index in [1.807, 2.05) is 0 Å². The van der Waals surface area contributed by atoms with Crippen LogP contribution in [0.4, 0.5) is 0 Å². The second kappa shape index (κ2) is 7.43. The van der Waals surface area contributed by atoms with Gasteiger partial charge in [-0.25, -0.2) is 0 Å². The minimum absolute atomic E-state index is 0.0210. The van der Waals surface area contributed by atoms with Gasteiger partial charge < -0.3 is 19.7 Å². The van der Waals surface area contributed by atoms with E-state index in [0.717, 1.165) is 24.7 Å². The van der Waals surface area contributed by atoms with Crippen LogP contribution in [-0.4, -0.2) is 51.2 Å². The Hall–Kier alpha value is -1.75. The Morgan fingerprint density at radius 2 is 1.92 bits per heavy atom. The maximum Gasteiger partial charge on any atom is 0.251 e. The summed E-state index contributed by atoms with van der Waals surface area (Å²) in [6, 6.07) is 5.60. The topological polar surface area (TPSA) is 50.8 Å². The summed E-state index contributed by atoms with van der Waals surface area (Å²) < 4.78 is 10.5. The molecule has 0 unspecified atom stereocenters. The fourth-order valence-corrected chi connectivity index (χ4v) is 4.18. The van der Waals surface area contributed by atoms with Gasteiger partial charge in [-0.1, -0.05) is 0 Å². The first-order valence-electron chi connectivity index (χ1n) is 8.82. The van der Waals surface area contributed by atoms with Crippen LogP contribution in [0.5, 0.6) is 11.5 Å². The van der Waals surface area contributed by atoms with Crippen LogP contribution in [0.25, 0.3) is 0 Å². The summed E-state index contributed by atoms with van der Waals surface area (Å²) in [4.78, 5) is 15.0. The molecule has 1 saturated carbocycles. The number of ether oxygens (including phenoxy) is 2. The molecule has 132 valence electrons. The number of carbonyl (C=O) groups is 1. The molecule has 0 aromatic heterocycles. The molecule has 1 N–H and O–H groups in total. The first-order valence-corrected chi connectivity index (χ1v) is 8.82. The highest BCUT2D eigenvalue weighted by atomic mass is 16.5. The van der Waals surface area contributed by atoms with Gasteiger partial charge in [0.05, 0.1) is 14.2 Å². The van der Waals surface area contributed by atoms with Crippen LogP contribution < -0.4 is 14.8 Å². The van der Waals surface area contributed by atoms with Crippen LogP contribution in [0.3, 0.4) is 0 Å². The number of rotatable bonds is 4. The van der Waals surface area contributed by atoms with Gasteiger partial charge in [0.1, 0.15) is 0 Å². The number of fused-ring (bicyclic) bond motifs is 1. The quantitative estimate of drug-likeness (QED) is 0.921. The van der Waals surface area contributed by atoms with Gasteiger partial charge in [-0.15, -0.1) is 0 Å². The molecule has 3 atom stereocenters. The molecular formula is C19H28N2O3. The molecule has 0 bridgehead atoms. The van der Waals surface area contributed by atoms with Gasteiger partial charge in [0, 0.05) is 18.2 Å². The van der Waals surface area contributed by atoms with E-state index in [1.165, 1.54) is 25.9 Å². The van der Waals surface area contributed by atoms with Crippen molar-refractivity contribution in [1.29, 1.82) is 0 Å². The van der Waals surface area contributed by atoms with E-state index in [1.54, 1.807) is 32.4 Å². The Morgan fingerprint density at radius 3 is 2.67 bits per heavy atom. The monoisotopic (exact) mass is 332 g/mol. The predicted octanol–water partition coefficient (Wildman–Crippen LogP) is 2.55. The van der Waals surface area contributed by atoms with Crippen molar-refractivity contribution in [1.82, 2.24) is 10.2 Å². The Balaban J connectivity index is 1.61. The van der Waals surface area contributed by atoms with Crippen molar-refractivity contribution in [2.75, 3.05) is 34.4 Å². The van der Waals surface area contributed by atoms with Crippen molar-refractivity contribution in [3.8, 4) is 11.5 Å². The van der Waals surface area contributed by atoms with Gasteiger partial charge in [0.25, 0.3) is 5.91 Å². The number of likely N-dealkylation sites (tertiary alicyclic amines) is 1. The zero-order chi connectivity index (χ0) is 17.1. The van der Waals surface area contributed by atoms with E-state index in [9.17, 15) is 4.79 Å². The highest BCUT2D eigenvalue weighted by Gasteiger charge is 2.34. The van der Waals surface area contributed by atoms with Gasteiger partial charge in [0.2, 0.25) is 0 Å². The lowest BCUT2D eigenvalue weighted by Gasteiger charge is -2.42. The van der Waals surface area contributed by atoms with Crippen molar-refractivity contribution in [2.24, 2.45) is 11.8 Å². The largest absolute Gasteiger partial charge is 0.493 e. The molecular weight excluding hydrogens is 304 g/mol. The Kier molecular flexibility index (Phi) is 5.29. The molecule has 1 aromatic carbocycles. The second-order valence-corrected chi connectivity index (χ2v) is 7.12. The fraction of sp³-hybridized carbons (Fsp3) is 0.632. The Labute approximate surface area is 144 Å². The maximum atomic E-state index is 12.6. The fourth-order valence-electron chi connectivity index (χ4n) is 4.18. The SMILES string of the molecule is COc1ccc(C(=O)N[C@H]2CC[C@@H]3CN(C)CC[C@H]3C2)cc1OC. The second-order valence-electron chi connectivity index (χ2n) is 7.12. The first-order chi connectivity index (χ1) is 11.6. The molecule has 5 nitrogen and oxygen atoms in total. The molecule has 1 aliphatic heterocycles. The van der Waals surface area contributed by atoms with Crippen LogP contribution >= 0.6 is 0 Å². The molecule has 1 amide bonds. The van der Waals surface area contributed by atoms with E-state index in [-0.39, 0.29) is 11.9 Å². The number of hydrogen-bond acceptors (Lipinski definition) is 4. The summed E-state index contributed by atoms with van der Waals surface area (Å²) in [5.74, 6) is 2.76. The number of piperidine rings is 1. The van der Waals surface area contributed by atoms with Crippen LogP contribution in [0.2, 0.25) is 0 Å². The molecule has 0 spiro atoms. The maximum absolute atomic E-state index is 12.6. The summed E-state index contributed by atoms with van der Waals surface area (Å²) in [6.07, 6.45) is 4.65. The number of nitrogens with zero attached hydrogens (tertiary/aromatic N) is 1. The minimum Gasteiger partial charge on any atom is -0.493 e. The average Bonchev–Trinajstić information content (AvgIpc) is 2.61. The molecule has 1 saturated heterocycles. The number of carbonyl (C=O) groups excluding carboxylic acids is 1. The molecule has 24 heavy (non-hydrogen) atoms. The minimum atomic E-state index is -0.0210. The highest BCUT2D eigenvalue weighted by molar-refractivity contribution is 5.95. The lowest BCUT2D eigenvalue weighted by atomic mass is 9.73. The van der Waals surface area contributed by atoms with Crippen LogP contribution in [0.1, 0.15) is 36.0 Å². The van der Waals surface area contributed by atoms with E-state index in [2.05, 4.69) is 17.3 Å². The van der Waals surface area contributed by atoms with Gasteiger partial charge in [0.15, 0.2) is 11.5 Å². The molecule has 1 aliphatic carbocycles. The number of benzene rings is 1. The van der Waals surface area contributed by atoms with Gasteiger partial charge in [-0.3, -0.25) is 4.79 Å². The molecule has 5 heteroatoms. The van der Waals surface area contributed by atoms with Crippen molar-refractivity contribution in [3.63, 3.8) is 0 Å². The predicted molar refractivity (Wildman–Crippen MR) is 93.7 cm³/mol. The molecule has 1 aromatic rings. The lowest BCUT2D eigenvalue weighted by Crippen LogP contribution is -2.46. The standard InChI is InChI=1S/C19H28N2O3/c1-21-9-8-13-10-16(6-4-15(13)12-21)20-19(22)14-5-7-17(23-2)18(11-14)24-3/h5,7,11,13,15-16H,4,6,8-10,12H2,1-3H3,(H,20,22)/t13-,15+,16-/m0/s1. The molecule has 2 fully saturated rings. The summed E-state index contributed by atoms with van der Waals surface area (Å²) in [5, 5.41) is 3.22. The van der Waals surface area contributed by atoms with E-state index >= 15 is 0 Å². The zero-order valence-corrected chi connectivity index (χ0v) is 14.9. The third kappa shape index (κ3) is 3.66. The number of amides is 1. The average molecular weight is 332 g/mol. The summed E-state index contributed by atoms with van der Waals surface area (Å²) >= 11 is 0. The summed E-state index contributed by atoms with van der Waals surface area (Å²) in [6.45, 7) is 2.39. The van der Waals surface area contributed by atoms with Gasteiger partial charge in [-0.2, -0.15) is 0 Å². The van der Waals surface area contributed by atoms with Crippen molar-refractivity contribution in [3.05, 3.63) is 23.8 Å². The van der Waals surface area contributed by atoms with Crippen molar-refractivity contribution in [2.45, 2.75) is 31.7 Å². The van der Waals surface area contributed by atoms with E-state index < -0.39 is 0 Å². The van der Waals surface area contributed by atoms with Crippen LogP contribution in [-0.2, 0) is 0 Å². The molecule has 2 aliphatic rings. The zero-order valence-electron chi connectivity index (χ0n) is 14.9. The smallest absolute Gasteiger partial charge is 0.251 e. The summed E-state index contributed by atoms with van der Waals surface area (Å²) in [5.41, 5.74) is 0.623. The van der Waals surface area contributed by atoms with Crippen LogP contribution in [0, 0.1) is 11.8 Å². The molecule has 3 rings (SSSR count). The third-order valence-corrected chi connectivity index (χ3v) is 5.55. The summed E-state index contributed by atoms with van der Waals surface area (Å²) in [7, 11) is 5.39. The van der Waals surface area contributed by atoms with Crippen LogP contribution in [0.15, 0.2) is 18.2 Å². The van der Waals surface area contributed by atoms with E-state index in [4.69, 9.17) is 9.47 Å². The van der Waals surface area contributed by atoms with Gasteiger partial charge in [-0.05, 0) is 69.3 Å². The van der Waals surface area contributed by atoms with E-state index in [0.29, 0.717) is 17.1 Å². The normalized spacial score (nSPS) is 27.2. The molecule has 1 heterocycles. The first kappa shape index (κ1) is 17.1.